The molecule has 1 aromatic rings. The zero-order chi connectivity index (χ0) is 15.3. The molecule has 0 aromatic carbocycles. The number of nitrogens with two attached hydrogens (primary N) is 2. The molecule has 2 atom stereocenters. The van der Waals surface area contributed by atoms with Crippen molar-refractivity contribution in [2.45, 2.75) is 32.4 Å². The summed E-state index contributed by atoms with van der Waals surface area (Å²) in [6.07, 6.45) is 4.06. The Labute approximate surface area is 117 Å². The highest BCUT2D eigenvalue weighted by Gasteiger charge is 2.45. The zero-order valence-electron chi connectivity index (χ0n) is 11.6. The minimum atomic E-state index is -1.89. The second-order valence-corrected chi connectivity index (χ2v) is 4.72. The van der Waals surface area contributed by atoms with Crippen molar-refractivity contribution >= 4 is 17.6 Å². The molecular formula is C13H20N4O3. The number of carbonyl (C=O) groups excluding carboxylic acids is 3. The number of amides is 2. The molecule has 0 radical (unpaired) electrons. The van der Waals surface area contributed by atoms with E-state index in [1.165, 1.54) is 13.1 Å². The lowest BCUT2D eigenvalue weighted by Crippen LogP contribution is -2.69. The van der Waals surface area contributed by atoms with Crippen LogP contribution in [0.5, 0.6) is 0 Å². The molecule has 0 bridgehead atoms. The van der Waals surface area contributed by atoms with Crippen LogP contribution in [0.1, 0.15) is 37.0 Å². The lowest BCUT2D eigenvalue weighted by Gasteiger charge is -2.34. The van der Waals surface area contributed by atoms with Crippen molar-refractivity contribution in [2.75, 3.05) is 0 Å². The molecule has 0 fully saturated rings. The Morgan fingerprint density at radius 2 is 2.10 bits per heavy atom. The minimum Gasteiger partial charge on any atom is -0.367 e. The lowest BCUT2D eigenvalue weighted by atomic mass is 9.82. The SMILES string of the molecule is CCCC(C(=O)c1cc[nH]c1)C(N)(NC(C)=O)C(N)=O. The summed E-state index contributed by atoms with van der Waals surface area (Å²) in [5.41, 5.74) is 9.75. The number of aromatic nitrogens is 1. The summed E-state index contributed by atoms with van der Waals surface area (Å²) in [6, 6.07) is 1.58. The van der Waals surface area contributed by atoms with Gasteiger partial charge in [0.25, 0.3) is 5.91 Å². The van der Waals surface area contributed by atoms with E-state index in [0.717, 1.165) is 0 Å². The molecule has 0 saturated carbocycles. The number of H-pyrrole nitrogens is 1. The first-order valence-electron chi connectivity index (χ1n) is 6.37. The molecule has 6 N–H and O–H groups in total. The predicted octanol–water partition coefficient (Wildman–Crippen LogP) is -0.110. The molecule has 0 aliphatic carbocycles. The van der Waals surface area contributed by atoms with Crippen LogP contribution in [-0.2, 0) is 9.59 Å². The van der Waals surface area contributed by atoms with Crippen molar-refractivity contribution in [3.8, 4) is 0 Å². The van der Waals surface area contributed by atoms with E-state index in [1.54, 1.807) is 12.3 Å². The Kier molecular flexibility index (Phi) is 5.04. The number of ketones is 1. The molecular weight excluding hydrogens is 260 g/mol. The van der Waals surface area contributed by atoms with Gasteiger partial charge in [-0.25, -0.2) is 0 Å². The molecule has 0 aliphatic rings. The van der Waals surface area contributed by atoms with Crippen LogP contribution < -0.4 is 16.8 Å². The van der Waals surface area contributed by atoms with E-state index in [2.05, 4.69) is 10.3 Å². The van der Waals surface area contributed by atoms with Gasteiger partial charge >= 0.3 is 0 Å². The van der Waals surface area contributed by atoms with Gasteiger partial charge in [-0.05, 0) is 12.5 Å². The molecule has 20 heavy (non-hydrogen) atoms. The van der Waals surface area contributed by atoms with Crippen LogP contribution in [0.3, 0.4) is 0 Å². The van der Waals surface area contributed by atoms with Crippen LogP contribution in [0.15, 0.2) is 18.5 Å². The van der Waals surface area contributed by atoms with Crippen LogP contribution >= 0.6 is 0 Å². The average molecular weight is 280 g/mol. The van der Waals surface area contributed by atoms with Gasteiger partial charge in [-0.15, -0.1) is 0 Å². The molecule has 7 heteroatoms. The number of hydrogen-bond acceptors (Lipinski definition) is 4. The normalized spacial score (nSPS) is 15.2. The number of Topliss-reactive ketones (excluding diaryl/α,β-unsaturated/α-hetero) is 1. The first-order valence-corrected chi connectivity index (χ1v) is 6.37. The highest BCUT2D eigenvalue weighted by atomic mass is 16.2. The van der Waals surface area contributed by atoms with Gasteiger partial charge in [0.15, 0.2) is 11.4 Å². The number of primary amides is 1. The summed E-state index contributed by atoms with van der Waals surface area (Å²) >= 11 is 0. The molecule has 1 aromatic heterocycles. The molecule has 0 saturated heterocycles. The topological polar surface area (TPSA) is 131 Å². The van der Waals surface area contributed by atoms with Gasteiger partial charge in [-0.3, -0.25) is 14.4 Å². The van der Waals surface area contributed by atoms with Crippen molar-refractivity contribution in [1.29, 1.82) is 0 Å². The van der Waals surface area contributed by atoms with Crippen LogP contribution in [-0.4, -0.2) is 28.2 Å². The second-order valence-electron chi connectivity index (χ2n) is 4.72. The van der Waals surface area contributed by atoms with Gasteiger partial charge < -0.3 is 21.8 Å². The summed E-state index contributed by atoms with van der Waals surface area (Å²) in [4.78, 5) is 38.2. The maximum atomic E-state index is 12.5. The maximum absolute atomic E-state index is 12.5. The van der Waals surface area contributed by atoms with Gasteiger partial charge in [0, 0.05) is 24.9 Å². The number of carbonyl (C=O) groups is 3. The summed E-state index contributed by atoms with van der Waals surface area (Å²) in [5.74, 6) is -2.70. The van der Waals surface area contributed by atoms with Crippen molar-refractivity contribution in [3.05, 3.63) is 24.0 Å². The van der Waals surface area contributed by atoms with E-state index in [1.807, 2.05) is 6.92 Å². The Morgan fingerprint density at radius 1 is 1.45 bits per heavy atom. The van der Waals surface area contributed by atoms with Gasteiger partial charge in [-0.1, -0.05) is 13.3 Å². The quantitative estimate of drug-likeness (QED) is 0.410. The second kappa shape index (κ2) is 6.33. The van der Waals surface area contributed by atoms with Crippen LogP contribution in [0, 0.1) is 5.92 Å². The summed E-state index contributed by atoms with van der Waals surface area (Å²) in [7, 11) is 0. The summed E-state index contributed by atoms with van der Waals surface area (Å²) in [6.45, 7) is 3.07. The number of nitrogens with one attached hydrogen (secondary N) is 2. The number of rotatable bonds is 7. The first-order chi connectivity index (χ1) is 9.32. The van der Waals surface area contributed by atoms with E-state index in [0.29, 0.717) is 18.4 Å². The van der Waals surface area contributed by atoms with E-state index in [4.69, 9.17) is 11.5 Å². The van der Waals surface area contributed by atoms with Crippen molar-refractivity contribution in [3.63, 3.8) is 0 Å². The predicted molar refractivity (Wildman–Crippen MR) is 73.5 cm³/mol. The summed E-state index contributed by atoms with van der Waals surface area (Å²) in [5, 5.41) is 2.32. The molecule has 2 amide bonds. The van der Waals surface area contributed by atoms with Crippen molar-refractivity contribution in [2.24, 2.45) is 17.4 Å². The fourth-order valence-corrected chi connectivity index (χ4v) is 2.14. The average Bonchev–Trinajstić information content (AvgIpc) is 2.87. The van der Waals surface area contributed by atoms with Crippen LogP contribution in [0.25, 0.3) is 0 Å². The fourth-order valence-electron chi connectivity index (χ4n) is 2.14. The highest BCUT2D eigenvalue weighted by Crippen LogP contribution is 2.23. The van der Waals surface area contributed by atoms with Crippen LogP contribution in [0.4, 0.5) is 0 Å². The molecule has 1 heterocycles. The third-order valence-corrected chi connectivity index (χ3v) is 3.12. The van der Waals surface area contributed by atoms with E-state index < -0.39 is 23.4 Å². The minimum absolute atomic E-state index is 0.330. The van der Waals surface area contributed by atoms with Crippen molar-refractivity contribution in [1.82, 2.24) is 10.3 Å². The smallest absolute Gasteiger partial charge is 0.258 e. The zero-order valence-corrected chi connectivity index (χ0v) is 11.6. The standard InChI is InChI=1S/C13H20N4O3/c1-3-4-10(11(19)9-5-6-16-7-9)13(15,12(14)20)17-8(2)18/h5-7,10,16H,3-4,15H2,1-2H3,(H2,14,20)(H,17,18). The number of hydrogen-bond donors (Lipinski definition) is 4. The van der Waals surface area contributed by atoms with Gasteiger partial charge in [-0.2, -0.15) is 0 Å². The van der Waals surface area contributed by atoms with Gasteiger partial charge in [0.05, 0.1) is 5.92 Å². The molecule has 1 rings (SSSR count). The molecule has 7 nitrogen and oxygen atoms in total. The Balaban J connectivity index is 3.17. The maximum Gasteiger partial charge on any atom is 0.258 e. The summed E-state index contributed by atoms with van der Waals surface area (Å²) < 4.78 is 0. The molecule has 0 spiro atoms. The van der Waals surface area contributed by atoms with E-state index in [-0.39, 0.29) is 5.78 Å². The molecule has 2 unspecified atom stereocenters. The monoisotopic (exact) mass is 280 g/mol. The fraction of sp³-hybridized carbons (Fsp3) is 0.462. The Hall–Kier alpha value is -2.15. The molecule has 110 valence electrons. The third kappa shape index (κ3) is 3.24. The molecule has 0 aliphatic heterocycles. The Morgan fingerprint density at radius 3 is 2.50 bits per heavy atom. The van der Waals surface area contributed by atoms with Gasteiger partial charge in [0.2, 0.25) is 5.91 Å². The number of aromatic amines is 1. The van der Waals surface area contributed by atoms with Crippen molar-refractivity contribution < 1.29 is 14.4 Å². The van der Waals surface area contributed by atoms with E-state index >= 15 is 0 Å². The highest BCUT2D eigenvalue weighted by molar-refractivity contribution is 6.03. The van der Waals surface area contributed by atoms with E-state index in [9.17, 15) is 14.4 Å². The largest absolute Gasteiger partial charge is 0.367 e. The van der Waals surface area contributed by atoms with Gasteiger partial charge in [0.1, 0.15) is 0 Å². The first kappa shape index (κ1) is 15.9. The Bertz CT molecular complexity index is 498. The third-order valence-electron chi connectivity index (χ3n) is 3.12. The van der Waals surface area contributed by atoms with Crippen LogP contribution in [0.2, 0.25) is 0 Å². The lowest BCUT2D eigenvalue weighted by molar-refractivity contribution is -0.132.